The number of carbonyl (C=O) groups excluding carboxylic acids is 3. The molecule has 3 heterocycles. The van der Waals surface area contributed by atoms with Crippen LogP contribution in [-0.2, 0) is 11.2 Å². The van der Waals surface area contributed by atoms with Crippen molar-refractivity contribution >= 4 is 75.0 Å². The number of thiophene rings is 3. The molecule has 3 aromatic heterocycles. The number of nitrogens with zero attached hydrogens (tertiary/aromatic N) is 2. The molecule has 154 valence electrons. The average molecular weight is 459 g/mol. The number of esters is 1. The Bertz CT molecular complexity index is 1120. The summed E-state index contributed by atoms with van der Waals surface area (Å²) in [4.78, 5) is 46.3. The van der Waals surface area contributed by atoms with Gasteiger partial charge in [-0.05, 0) is 37.6 Å². The molecule has 6 nitrogen and oxygen atoms in total. The van der Waals surface area contributed by atoms with E-state index in [0.717, 1.165) is 27.9 Å². The zero-order chi connectivity index (χ0) is 21.5. The van der Waals surface area contributed by atoms with Crippen LogP contribution in [0.25, 0.3) is 0 Å². The van der Waals surface area contributed by atoms with Gasteiger partial charge in [0.1, 0.15) is 15.6 Å². The Morgan fingerprint density at radius 1 is 0.867 bits per heavy atom. The van der Waals surface area contributed by atoms with Gasteiger partial charge in [-0.15, -0.1) is 22.7 Å². The molecule has 0 atom stereocenters. The fourth-order valence-corrected chi connectivity index (χ4v) is 5.09. The van der Waals surface area contributed by atoms with Crippen LogP contribution >= 0.6 is 34.0 Å². The van der Waals surface area contributed by atoms with Crippen LogP contribution < -0.4 is 0 Å². The van der Waals surface area contributed by atoms with Crippen molar-refractivity contribution in [2.24, 2.45) is 9.98 Å². The molecule has 0 aliphatic rings. The lowest BCUT2D eigenvalue weighted by Crippen LogP contribution is -2.06. The first-order valence-electron chi connectivity index (χ1n) is 9.10. The maximum absolute atomic E-state index is 12.6. The average Bonchev–Trinajstić information content (AvgIpc) is 3.48. The highest BCUT2D eigenvalue weighted by Gasteiger charge is 2.23. The summed E-state index contributed by atoms with van der Waals surface area (Å²) in [6, 6.07) is 7.09. The Kier molecular flexibility index (Phi) is 7.56. The zero-order valence-electron chi connectivity index (χ0n) is 16.3. The van der Waals surface area contributed by atoms with Gasteiger partial charge in [0.05, 0.1) is 16.4 Å². The minimum absolute atomic E-state index is 0.261. The highest BCUT2D eigenvalue weighted by Crippen LogP contribution is 2.42. The largest absolute Gasteiger partial charge is 0.462 e. The van der Waals surface area contributed by atoms with Crippen molar-refractivity contribution in [3.05, 3.63) is 54.9 Å². The summed E-state index contributed by atoms with van der Waals surface area (Å²) < 4.78 is 5.24. The predicted octanol–water partition coefficient (Wildman–Crippen LogP) is 5.74. The molecular weight excluding hydrogens is 440 g/mol. The summed E-state index contributed by atoms with van der Waals surface area (Å²) in [6.07, 6.45) is 5.50. The Morgan fingerprint density at radius 3 is 1.87 bits per heavy atom. The molecule has 0 radical (unpaired) electrons. The van der Waals surface area contributed by atoms with Crippen LogP contribution in [0.3, 0.4) is 0 Å². The van der Waals surface area contributed by atoms with Crippen LogP contribution in [0.5, 0.6) is 0 Å². The van der Waals surface area contributed by atoms with Crippen molar-refractivity contribution in [3.8, 4) is 0 Å². The van der Waals surface area contributed by atoms with Gasteiger partial charge in [-0.2, -0.15) is 0 Å². The Labute approximate surface area is 185 Å². The van der Waals surface area contributed by atoms with Crippen LogP contribution in [-0.4, -0.2) is 37.6 Å². The fraction of sp³-hybridized carbons (Fsp3) is 0.190. The molecule has 0 spiro atoms. The molecule has 0 fully saturated rings. The van der Waals surface area contributed by atoms with Crippen LogP contribution in [0.2, 0.25) is 0 Å². The molecule has 0 aliphatic carbocycles. The van der Waals surface area contributed by atoms with Gasteiger partial charge < -0.3 is 4.74 Å². The number of aldehydes is 2. The van der Waals surface area contributed by atoms with E-state index >= 15 is 0 Å². The summed E-state index contributed by atoms with van der Waals surface area (Å²) in [5.41, 5.74) is 1.19. The summed E-state index contributed by atoms with van der Waals surface area (Å²) in [5.74, 6) is -0.432. The van der Waals surface area contributed by atoms with Gasteiger partial charge in [0.15, 0.2) is 12.6 Å². The van der Waals surface area contributed by atoms with E-state index in [0.29, 0.717) is 31.7 Å². The number of hydrogen-bond donors (Lipinski definition) is 0. The molecule has 0 bridgehead atoms. The van der Waals surface area contributed by atoms with Gasteiger partial charge >= 0.3 is 5.97 Å². The molecule has 9 heteroatoms. The Hall–Kier alpha value is -2.75. The first-order chi connectivity index (χ1) is 14.6. The molecule has 0 saturated heterocycles. The second kappa shape index (κ2) is 10.3. The molecule has 0 amide bonds. The van der Waals surface area contributed by atoms with Gasteiger partial charge in [0.2, 0.25) is 0 Å². The monoisotopic (exact) mass is 458 g/mol. The molecule has 3 rings (SSSR count). The lowest BCUT2D eigenvalue weighted by molar-refractivity contribution is 0.0526. The van der Waals surface area contributed by atoms with Crippen molar-refractivity contribution < 1.29 is 19.1 Å². The van der Waals surface area contributed by atoms with Crippen LogP contribution in [0.4, 0.5) is 10.0 Å². The van der Waals surface area contributed by atoms with E-state index in [9.17, 15) is 14.4 Å². The van der Waals surface area contributed by atoms with Gasteiger partial charge in [-0.3, -0.25) is 9.59 Å². The lowest BCUT2D eigenvalue weighted by Gasteiger charge is -2.03. The van der Waals surface area contributed by atoms with E-state index in [-0.39, 0.29) is 6.61 Å². The second-order valence-corrected chi connectivity index (χ2v) is 9.14. The first-order valence-corrected chi connectivity index (χ1v) is 11.6. The van der Waals surface area contributed by atoms with Crippen molar-refractivity contribution in [2.45, 2.75) is 20.3 Å². The molecular formula is C21H18N2O4S3. The molecule has 30 heavy (non-hydrogen) atoms. The van der Waals surface area contributed by atoms with E-state index in [1.54, 1.807) is 37.6 Å². The van der Waals surface area contributed by atoms with E-state index in [1.807, 2.05) is 13.0 Å². The summed E-state index contributed by atoms with van der Waals surface area (Å²) >= 11 is 3.96. The van der Waals surface area contributed by atoms with Gasteiger partial charge in [0, 0.05) is 27.7 Å². The van der Waals surface area contributed by atoms with Crippen molar-refractivity contribution in [1.29, 1.82) is 0 Å². The molecule has 0 N–H and O–H groups in total. The smallest absolute Gasteiger partial charge is 0.341 e. The molecule has 3 aromatic rings. The number of hydrogen-bond acceptors (Lipinski definition) is 9. The standard InChI is InChI=1S/C21H18N2O4S3/c1-3-17-18(21(26)27-4-2)20(23-10-14-6-8-16(12-25)29-14)30-19(17)22-9-13-5-7-15(11-24)28-13/h5-12H,3-4H2,1-2H3. The maximum atomic E-state index is 12.6. The highest BCUT2D eigenvalue weighted by atomic mass is 32.1. The Morgan fingerprint density at radius 2 is 1.40 bits per heavy atom. The van der Waals surface area contributed by atoms with Gasteiger partial charge in [-0.1, -0.05) is 18.3 Å². The second-order valence-electron chi connectivity index (χ2n) is 5.87. The van der Waals surface area contributed by atoms with E-state index in [4.69, 9.17) is 4.74 Å². The minimum atomic E-state index is -0.432. The SMILES string of the molecule is CCOC(=O)c1c(N=Cc2ccc(C=O)s2)sc(N=Cc2ccc(C=O)s2)c1CC. The van der Waals surface area contributed by atoms with Crippen molar-refractivity contribution in [1.82, 2.24) is 0 Å². The fourth-order valence-electron chi connectivity index (χ4n) is 2.62. The number of ether oxygens (including phenoxy) is 1. The topological polar surface area (TPSA) is 85.2 Å². The Balaban J connectivity index is 2.00. The van der Waals surface area contributed by atoms with Crippen molar-refractivity contribution in [3.63, 3.8) is 0 Å². The third-order valence-corrected chi connectivity index (χ3v) is 6.88. The van der Waals surface area contributed by atoms with Gasteiger partial charge in [-0.25, -0.2) is 14.8 Å². The van der Waals surface area contributed by atoms with E-state index in [2.05, 4.69) is 9.98 Å². The van der Waals surface area contributed by atoms with Crippen LogP contribution in [0.15, 0.2) is 34.3 Å². The lowest BCUT2D eigenvalue weighted by atomic mass is 10.1. The number of rotatable bonds is 9. The normalized spacial score (nSPS) is 11.4. The minimum Gasteiger partial charge on any atom is -0.462 e. The first kappa shape index (κ1) is 21.9. The maximum Gasteiger partial charge on any atom is 0.341 e. The molecule has 0 saturated carbocycles. The van der Waals surface area contributed by atoms with Gasteiger partial charge in [0.25, 0.3) is 0 Å². The summed E-state index contributed by atoms with van der Waals surface area (Å²) in [7, 11) is 0. The molecule has 0 aliphatic heterocycles. The van der Waals surface area contributed by atoms with E-state index < -0.39 is 5.97 Å². The molecule has 0 unspecified atom stereocenters. The summed E-state index contributed by atoms with van der Waals surface area (Å²) in [6.45, 7) is 3.96. The highest BCUT2D eigenvalue weighted by molar-refractivity contribution is 7.20. The summed E-state index contributed by atoms with van der Waals surface area (Å²) in [5, 5.41) is 1.19. The quantitative estimate of drug-likeness (QED) is 0.233. The van der Waals surface area contributed by atoms with Crippen molar-refractivity contribution in [2.75, 3.05) is 6.61 Å². The molecule has 0 aromatic carbocycles. The third-order valence-electron chi connectivity index (χ3n) is 3.95. The number of carbonyl (C=O) groups is 3. The predicted molar refractivity (Wildman–Crippen MR) is 124 cm³/mol. The van der Waals surface area contributed by atoms with E-state index in [1.165, 1.54) is 34.0 Å². The van der Waals surface area contributed by atoms with Crippen LogP contribution in [0.1, 0.15) is 58.9 Å². The third kappa shape index (κ3) is 5.05. The van der Waals surface area contributed by atoms with Crippen LogP contribution in [0, 0.1) is 0 Å². The number of aliphatic imine (C=N–C) groups is 2. The zero-order valence-corrected chi connectivity index (χ0v) is 18.7.